The van der Waals surface area contributed by atoms with E-state index in [1.165, 1.54) is 16.8 Å². The number of benzene rings is 3. The Labute approximate surface area is 232 Å². The average molecular weight is 532 g/mol. The molecule has 1 fully saturated rings. The molecule has 3 aromatic carbocycles. The lowest BCUT2D eigenvalue weighted by Gasteiger charge is -2.39. The Morgan fingerprint density at radius 1 is 0.821 bits per heavy atom. The number of fused-ring (bicyclic) bond motifs is 1. The molecule has 2 aliphatic heterocycles. The van der Waals surface area contributed by atoms with E-state index in [4.69, 9.17) is 18.9 Å². The van der Waals surface area contributed by atoms with Crippen LogP contribution in [0.1, 0.15) is 66.0 Å². The molecular formula is C33H41NO5. The summed E-state index contributed by atoms with van der Waals surface area (Å²) in [6.07, 6.45) is 2.07. The third kappa shape index (κ3) is 4.20. The lowest BCUT2D eigenvalue weighted by Crippen LogP contribution is -2.48. The summed E-state index contributed by atoms with van der Waals surface area (Å²) in [6, 6.07) is 14.0. The number of anilines is 1. The highest BCUT2D eigenvalue weighted by atomic mass is 16.5. The fourth-order valence-electron chi connectivity index (χ4n) is 6.64. The summed E-state index contributed by atoms with van der Waals surface area (Å²) < 4.78 is 22.9. The Morgan fingerprint density at radius 2 is 1.46 bits per heavy atom. The van der Waals surface area contributed by atoms with Gasteiger partial charge in [0.1, 0.15) is 17.1 Å². The second-order valence-corrected chi connectivity index (χ2v) is 11.4. The first kappa shape index (κ1) is 27.2. The molecule has 0 aromatic heterocycles. The van der Waals surface area contributed by atoms with Crippen LogP contribution in [-0.4, -0.2) is 45.1 Å². The Balaban J connectivity index is 1.51. The van der Waals surface area contributed by atoms with E-state index in [2.05, 4.69) is 37.8 Å². The van der Waals surface area contributed by atoms with Crippen LogP contribution in [0.2, 0.25) is 0 Å². The zero-order chi connectivity index (χ0) is 28.1. The van der Waals surface area contributed by atoms with E-state index in [0.29, 0.717) is 5.92 Å². The molecule has 0 spiro atoms. The van der Waals surface area contributed by atoms with Gasteiger partial charge < -0.3 is 29.0 Å². The van der Waals surface area contributed by atoms with E-state index in [9.17, 15) is 5.11 Å². The van der Waals surface area contributed by atoms with Crippen LogP contribution in [0.4, 0.5) is 5.69 Å². The second kappa shape index (κ2) is 9.98. The molecular weight excluding hydrogens is 490 g/mol. The Morgan fingerprint density at radius 3 is 2.05 bits per heavy atom. The molecule has 3 aromatic rings. The van der Waals surface area contributed by atoms with E-state index < -0.39 is 11.2 Å². The number of rotatable bonds is 6. The van der Waals surface area contributed by atoms with Gasteiger partial charge in [-0.3, -0.25) is 0 Å². The highest BCUT2D eigenvalue weighted by Gasteiger charge is 2.57. The van der Waals surface area contributed by atoms with Crippen molar-refractivity contribution in [2.24, 2.45) is 0 Å². The zero-order valence-corrected chi connectivity index (χ0v) is 24.5. The molecule has 6 heteroatoms. The van der Waals surface area contributed by atoms with E-state index in [0.717, 1.165) is 71.2 Å². The molecule has 2 aliphatic rings. The predicted molar refractivity (Wildman–Crippen MR) is 155 cm³/mol. The highest BCUT2D eigenvalue weighted by molar-refractivity contribution is 5.73. The molecule has 0 saturated carbocycles. The zero-order valence-electron chi connectivity index (χ0n) is 24.5. The smallest absolute Gasteiger partial charge is 0.160 e. The van der Waals surface area contributed by atoms with Crippen LogP contribution < -0.4 is 23.8 Å². The van der Waals surface area contributed by atoms with Crippen molar-refractivity contribution in [1.82, 2.24) is 0 Å². The van der Waals surface area contributed by atoms with Crippen molar-refractivity contribution in [2.45, 2.75) is 64.6 Å². The van der Waals surface area contributed by atoms with Gasteiger partial charge in [0, 0.05) is 24.3 Å². The van der Waals surface area contributed by atoms with E-state index in [1.807, 2.05) is 44.2 Å². The Kier molecular flexibility index (Phi) is 6.96. The van der Waals surface area contributed by atoms with Gasteiger partial charge in [-0.05, 0) is 105 Å². The fraction of sp³-hybridized carbons (Fsp3) is 0.455. The van der Waals surface area contributed by atoms with Gasteiger partial charge in [0.25, 0.3) is 0 Å². The summed E-state index contributed by atoms with van der Waals surface area (Å²) in [4.78, 5) is 2.50. The standard InChI is InChI=1S/C33H41NO5/c1-20-21(2)31-29(33(35,32(4,5)39-31)25-10-12-26(36-6)13-11-25)22(3)30(20)34-17-15-23(16-18-34)24-9-14-27(37-7)28(19-24)38-8/h9-14,19,23,35H,15-18H2,1-8H3. The van der Waals surface area contributed by atoms with Crippen LogP contribution in [0.5, 0.6) is 23.0 Å². The third-order valence-corrected chi connectivity index (χ3v) is 9.00. The van der Waals surface area contributed by atoms with Crippen molar-refractivity contribution in [3.8, 4) is 23.0 Å². The Bertz CT molecular complexity index is 1370. The van der Waals surface area contributed by atoms with E-state index in [-0.39, 0.29) is 0 Å². The maximum Gasteiger partial charge on any atom is 0.160 e. The normalized spacial score (nSPS) is 20.4. The first-order valence-electron chi connectivity index (χ1n) is 13.7. The van der Waals surface area contributed by atoms with Crippen LogP contribution in [0.25, 0.3) is 0 Å². The molecule has 1 atom stereocenters. The molecule has 208 valence electrons. The van der Waals surface area contributed by atoms with Gasteiger partial charge >= 0.3 is 0 Å². The van der Waals surface area contributed by atoms with E-state index in [1.54, 1.807) is 21.3 Å². The molecule has 39 heavy (non-hydrogen) atoms. The number of aliphatic hydroxyl groups is 1. The van der Waals surface area contributed by atoms with Crippen LogP contribution in [-0.2, 0) is 5.60 Å². The lowest BCUT2D eigenvalue weighted by molar-refractivity contribution is -0.0645. The molecule has 1 unspecified atom stereocenters. The highest BCUT2D eigenvalue weighted by Crippen LogP contribution is 2.56. The minimum absolute atomic E-state index is 0.454. The van der Waals surface area contributed by atoms with Gasteiger partial charge in [0.05, 0.1) is 21.3 Å². The second-order valence-electron chi connectivity index (χ2n) is 11.4. The monoisotopic (exact) mass is 531 g/mol. The molecule has 0 bridgehead atoms. The van der Waals surface area contributed by atoms with Gasteiger partial charge in [-0.15, -0.1) is 0 Å². The molecule has 1 saturated heterocycles. The maximum atomic E-state index is 12.5. The number of methoxy groups -OCH3 is 3. The molecule has 2 heterocycles. The van der Waals surface area contributed by atoms with Crippen molar-refractivity contribution >= 4 is 5.69 Å². The number of nitrogens with zero attached hydrogens (tertiary/aromatic N) is 1. The first-order chi connectivity index (χ1) is 18.6. The summed E-state index contributed by atoms with van der Waals surface area (Å²) in [5.41, 5.74) is 5.42. The van der Waals surface area contributed by atoms with E-state index >= 15 is 0 Å². The summed E-state index contributed by atoms with van der Waals surface area (Å²) >= 11 is 0. The number of piperidine rings is 1. The molecule has 0 amide bonds. The average Bonchev–Trinajstić information content (AvgIpc) is 3.18. The summed E-state index contributed by atoms with van der Waals surface area (Å²) in [5, 5.41) is 12.5. The number of hydrogen-bond donors (Lipinski definition) is 1. The van der Waals surface area contributed by atoms with Gasteiger partial charge in [0.15, 0.2) is 17.1 Å². The predicted octanol–water partition coefficient (Wildman–Crippen LogP) is 6.43. The fourth-order valence-corrected chi connectivity index (χ4v) is 6.64. The number of hydrogen-bond acceptors (Lipinski definition) is 6. The molecule has 5 rings (SSSR count). The SMILES string of the molecule is COc1ccc(C2(O)c3c(C)c(N4CCC(c5ccc(OC)c(OC)c5)CC4)c(C)c(C)c3OC2(C)C)cc1. The van der Waals surface area contributed by atoms with Gasteiger partial charge in [-0.2, -0.15) is 0 Å². The van der Waals surface area contributed by atoms with Gasteiger partial charge in [-0.25, -0.2) is 0 Å². The summed E-state index contributed by atoms with van der Waals surface area (Å²) in [5.74, 6) is 3.55. The lowest BCUT2D eigenvalue weighted by atomic mass is 9.74. The first-order valence-corrected chi connectivity index (χ1v) is 13.7. The van der Waals surface area contributed by atoms with Crippen LogP contribution in [0.15, 0.2) is 42.5 Å². The molecule has 0 radical (unpaired) electrons. The van der Waals surface area contributed by atoms with Crippen molar-refractivity contribution in [3.63, 3.8) is 0 Å². The summed E-state index contributed by atoms with van der Waals surface area (Å²) in [6.45, 7) is 12.2. The molecule has 1 N–H and O–H groups in total. The minimum atomic E-state index is -1.30. The largest absolute Gasteiger partial charge is 0.497 e. The van der Waals surface area contributed by atoms with Crippen LogP contribution in [0, 0.1) is 20.8 Å². The molecule has 0 aliphatic carbocycles. The summed E-state index contributed by atoms with van der Waals surface area (Å²) in [7, 11) is 5.00. The van der Waals surface area contributed by atoms with Crippen molar-refractivity contribution < 1.29 is 24.1 Å². The van der Waals surface area contributed by atoms with Crippen molar-refractivity contribution in [1.29, 1.82) is 0 Å². The van der Waals surface area contributed by atoms with Gasteiger partial charge in [-0.1, -0.05) is 18.2 Å². The van der Waals surface area contributed by atoms with Crippen molar-refractivity contribution in [2.75, 3.05) is 39.3 Å². The van der Waals surface area contributed by atoms with Crippen LogP contribution in [0.3, 0.4) is 0 Å². The Hall–Kier alpha value is -3.38. The minimum Gasteiger partial charge on any atom is -0.497 e. The van der Waals surface area contributed by atoms with Crippen molar-refractivity contribution in [3.05, 3.63) is 75.8 Å². The topological polar surface area (TPSA) is 60.4 Å². The molecule has 6 nitrogen and oxygen atoms in total. The quantitative estimate of drug-likeness (QED) is 0.396. The van der Waals surface area contributed by atoms with Gasteiger partial charge in [0.2, 0.25) is 0 Å². The van der Waals surface area contributed by atoms with Crippen LogP contribution >= 0.6 is 0 Å². The number of ether oxygens (including phenoxy) is 4. The maximum absolute atomic E-state index is 12.5. The third-order valence-electron chi connectivity index (χ3n) is 9.00.